The first-order chi connectivity index (χ1) is 9.38. The summed E-state index contributed by atoms with van der Waals surface area (Å²) in [4.78, 5) is 0. The zero-order chi connectivity index (χ0) is 13.1. The Morgan fingerprint density at radius 1 is 1.26 bits per heavy atom. The Hall–Kier alpha value is -1.55. The predicted octanol–water partition coefficient (Wildman–Crippen LogP) is 3.63. The molecule has 1 aromatic heterocycles. The van der Waals surface area contributed by atoms with Gasteiger partial charge in [-0.3, -0.25) is 0 Å². The lowest BCUT2D eigenvalue weighted by atomic mass is 10.2. The molecule has 1 aliphatic rings. The summed E-state index contributed by atoms with van der Waals surface area (Å²) < 4.78 is 2.21. The van der Waals surface area contributed by atoms with E-state index in [1.54, 1.807) is 11.8 Å². The summed E-state index contributed by atoms with van der Waals surface area (Å²) in [6.45, 7) is 4.63. The van der Waals surface area contributed by atoms with Gasteiger partial charge in [0.25, 0.3) is 0 Å². The number of hydrogen-bond donors (Lipinski definition) is 0. The molecule has 3 rings (SSSR count). The number of benzene rings is 1. The SMILES string of the molecule is C=CCn1c(SCc2ccccc2)nnc1C1CC1. The molecule has 1 fully saturated rings. The molecular formula is C15H17N3S. The Bertz CT molecular complexity index is 558. The Morgan fingerprint density at radius 3 is 2.74 bits per heavy atom. The van der Waals surface area contributed by atoms with E-state index >= 15 is 0 Å². The van der Waals surface area contributed by atoms with Crippen LogP contribution in [0.5, 0.6) is 0 Å². The van der Waals surface area contributed by atoms with Gasteiger partial charge in [-0.25, -0.2) is 0 Å². The lowest BCUT2D eigenvalue weighted by Crippen LogP contribution is -2.02. The van der Waals surface area contributed by atoms with E-state index in [1.807, 2.05) is 12.1 Å². The Morgan fingerprint density at radius 2 is 2.05 bits per heavy atom. The highest BCUT2D eigenvalue weighted by Crippen LogP contribution is 2.40. The molecule has 1 heterocycles. The predicted molar refractivity (Wildman–Crippen MR) is 78.2 cm³/mol. The summed E-state index contributed by atoms with van der Waals surface area (Å²) in [5, 5.41) is 9.70. The van der Waals surface area contributed by atoms with Crippen molar-refractivity contribution in [3.63, 3.8) is 0 Å². The van der Waals surface area contributed by atoms with Gasteiger partial charge in [0.1, 0.15) is 5.82 Å². The van der Waals surface area contributed by atoms with Crippen LogP contribution in [0.3, 0.4) is 0 Å². The van der Waals surface area contributed by atoms with Crippen molar-refractivity contribution >= 4 is 11.8 Å². The van der Waals surface area contributed by atoms with Gasteiger partial charge in [0.15, 0.2) is 5.16 Å². The molecule has 0 radical (unpaired) electrons. The van der Waals surface area contributed by atoms with Crippen molar-refractivity contribution in [1.29, 1.82) is 0 Å². The van der Waals surface area contributed by atoms with E-state index < -0.39 is 0 Å². The maximum absolute atomic E-state index is 4.35. The van der Waals surface area contributed by atoms with Crippen molar-refractivity contribution < 1.29 is 0 Å². The van der Waals surface area contributed by atoms with E-state index in [0.717, 1.165) is 23.3 Å². The fraction of sp³-hybridized carbons (Fsp3) is 0.333. The van der Waals surface area contributed by atoms with Gasteiger partial charge in [-0.05, 0) is 18.4 Å². The van der Waals surface area contributed by atoms with Crippen LogP contribution in [0.2, 0.25) is 0 Å². The second-order valence-electron chi connectivity index (χ2n) is 4.79. The first-order valence-corrected chi connectivity index (χ1v) is 7.57. The number of hydrogen-bond acceptors (Lipinski definition) is 3. The minimum atomic E-state index is 0.624. The summed E-state index contributed by atoms with van der Waals surface area (Å²) in [6, 6.07) is 10.5. The molecule has 2 aromatic rings. The molecule has 0 aliphatic heterocycles. The zero-order valence-electron chi connectivity index (χ0n) is 10.8. The van der Waals surface area contributed by atoms with Crippen LogP contribution < -0.4 is 0 Å². The molecule has 1 aromatic carbocycles. The monoisotopic (exact) mass is 271 g/mol. The lowest BCUT2D eigenvalue weighted by Gasteiger charge is -2.06. The van der Waals surface area contributed by atoms with Crippen molar-refractivity contribution in [2.24, 2.45) is 0 Å². The molecule has 0 amide bonds. The summed E-state index contributed by atoms with van der Waals surface area (Å²) in [5.74, 6) is 2.69. The summed E-state index contributed by atoms with van der Waals surface area (Å²) in [6.07, 6.45) is 4.42. The van der Waals surface area contributed by atoms with Crippen molar-refractivity contribution in [1.82, 2.24) is 14.8 Å². The number of nitrogens with zero attached hydrogens (tertiary/aromatic N) is 3. The summed E-state index contributed by atoms with van der Waals surface area (Å²) in [7, 11) is 0. The van der Waals surface area contributed by atoms with E-state index in [-0.39, 0.29) is 0 Å². The van der Waals surface area contributed by atoms with Gasteiger partial charge in [0.2, 0.25) is 0 Å². The van der Waals surface area contributed by atoms with Crippen LogP contribution >= 0.6 is 11.8 Å². The molecule has 0 unspecified atom stereocenters. The molecular weight excluding hydrogens is 254 g/mol. The van der Waals surface area contributed by atoms with E-state index in [9.17, 15) is 0 Å². The second kappa shape index (κ2) is 5.61. The van der Waals surface area contributed by atoms with Crippen LogP contribution in [0.1, 0.15) is 30.1 Å². The first-order valence-electron chi connectivity index (χ1n) is 6.59. The quantitative estimate of drug-likeness (QED) is 0.593. The maximum Gasteiger partial charge on any atom is 0.191 e. The standard InChI is InChI=1S/C15H17N3S/c1-2-10-18-14(13-8-9-13)16-17-15(18)19-11-12-6-4-3-5-7-12/h2-7,13H,1,8-11H2. The average Bonchev–Trinajstić information content (AvgIpc) is 3.21. The van der Waals surface area contributed by atoms with Crippen LogP contribution in [0.15, 0.2) is 48.1 Å². The molecule has 19 heavy (non-hydrogen) atoms. The smallest absolute Gasteiger partial charge is 0.191 e. The van der Waals surface area contributed by atoms with Crippen LogP contribution in [0.25, 0.3) is 0 Å². The largest absolute Gasteiger partial charge is 0.302 e. The third-order valence-corrected chi connectivity index (χ3v) is 4.25. The third kappa shape index (κ3) is 2.89. The molecule has 0 spiro atoms. The van der Waals surface area contributed by atoms with E-state index in [0.29, 0.717) is 5.92 Å². The lowest BCUT2D eigenvalue weighted by molar-refractivity contribution is 0.681. The Balaban J connectivity index is 1.74. The second-order valence-corrected chi connectivity index (χ2v) is 5.73. The highest BCUT2D eigenvalue weighted by molar-refractivity contribution is 7.98. The normalized spacial score (nSPS) is 14.5. The molecule has 4 heteroatoms. The fourth-order valence-corrected chi connectivity index (χ4v) is 2.98. The van der Waals surface area contributed by atoms with Gasteiger partial charge in [0, 0.05) is 18.2 Å². The number of aromatic nitrogens is 3. The van der Waals surface area contributed by atoms with Gasteiger partial charge in [-0.1, -0.05) is 48.2 Å². The van der Waals surface area contributed by atoms with E-state index in [1.165, 1.54) is 18.4 Å². The van der Waals surface area contributed by atoms with Crippen LogP contribution in [0.4, 0.5) is 0 Å². The zero-order valence-corrected chi connectivity index (χ0v) is 11.6. The summed E-state index contributed by atoms with van der Waals surface area (Å²) in [5.41, 5.74) is 1.31. The molecule has 0 bridgehead atoms. The third-order valence-electron chi connectivity index (χ3n) is 3.21. The van der Waals surface area contributed by atoms with Crippen LogP contribution in [0, 0.1) is 0 Å². The Kier molecular flexibility index (Phi) is 3.69. The molecule has 0 N–H and O–H groups in total. The van der Waals surface area contributed by atoms with Gasteiger partial charge in [-0.2, -0.15) is 0 Å². The topological polar surface area (TPSA) is 30.7 Å². The van der Waals surface area contributed by atoms with Crippen LogP contribution in [-0.2, 0) is 12.3 Å². The minimum Gasteiger partial charge on any atom is -0.302 e. The summed E-state index contributed by atoms with van der Waals surface area (Å²) >= 11 is 1.75. The first kappa shape index (κ1) is 12.5. The van der Waals surface area contributed by atoms with Crippen molar-refractivity contribution in [2.45, 2.75) is 36.2 Å². The van der Waals surface area contributed by atoms with Gasteiger partial charge < -0.3 is 4.57 Å². The van der Waals surface area contributed by atoms with E-state index in [4.69, 9.17) is 0 Å². The van der Waals surface area contributed by atoms with E-state index in [2.05, 4.69) is 45.6 Å². The molecule has 98 valence electrons. The number of allylic oxidation sites excluding steroid dienone is 1. The van der Waals surface area contributed by atoms with Crippen molar-refractivity contribution in [2.75, 3.05) is 0 Å². The van der Waals surface area contributed by atoms with Crippen LogP contribution in [-0.4, -0.2) is 14.8 Å². The number of thioether (sulfide) groups is 1. The molecule has 3 nitrogen and oxygen atoms in total. The highest BCUT2D eigenvalue weighted by atomic mass is 32.2. The molecule has 1 aliphatic carbocycles. The van der Waals surface area contributed by atoms with Crippen molar-refractivity contribution in [3.8, 4) is 0 Å². The fourth-order valence-electron chi connectivity index (χ4n) is 2.07. The molecule has 0 saturated heterocycles. The molecule has 0 atom stereocenters. The molecule has 1 saturated carbocycles. The minimum absolute atomic E-state index is 0.624. The highest BCUT2D eigenvalue weighted by Gasteiger charge is 2.30. The van der Waals surface area contributed by atoms with Gasteiger partial charge in [-0.15, -0.1) is 16.8 Å². The van der Waals surface area contributed by atoms with Gasteiger partial charge >= 0.3 is 0 Å². The number of rotatable bonds is 6. The maximum atomic E-state index is 4.35. The average molecular weight is 271 g/mol. The van der Waals surface area contributed by atoms with Crippen molar-refractivity contribution in [3.05, 3.63) is 54.4 Å². The van der Waals surface area contributed by atoms with Gasteiger partial charge in [0.05, 0.1) is 0 Å². The Labute approximate surface area is 117 Å².